The highest BCUT2D eigenvalue weighted by molar-refractivity contribution is 7.47. The van der Waals surface area contributed by atoms with Gasteiger partial charge in [-0.25, -0.2) is 33.5 Å². The number of alkyl halides is 1. The topological polar surface area (TPSA) is 253 Å². The van der Waals surface area contributed by atoms with Gasteiger partial charge in [0.2, 0.25) is 0 Å². The van der Waals surface area contributed by atoms with Crippen LogP contribution in [0.1, 0.15) is 24.5 Å². The van der Waals surface area contributed by atoms with E-state index in [2.05, 4.69) is 24.9 Å². The molecular formula is C22H30FN9O11P2. The van der Waals surface area contributed by atoms with Crippen LogP contribution in [0, 0.1) is 0 Å². The van der Waals surface area contributed by atoms with Gasteiger partial charge in [0.05, 0.1) is 45.1 Å². The Kier molecular flexibility index (Phi) is 8.78. The fraction of sp³-hybridized carbons (Fsp3) is 0.591. The van der Waals surface area contributed by atoms with E-state index in [4.69, 9.17) is 33.3 Å². The number of hydrogen-bond donors (Lipinski definition) is 4. The summed E-state index contributed by atoms with van der Waals surface area (Å²) in [5.74, 6) is 0.378. The van der Waals surface area contributed by atoms with Crippen LogP contribution in [0.2, 0.25) is 0 Å². The van der Waals surface area contributed by atoms with Gasteiger partial charge in [-0.3, -0.25) is 27.5 Å². The molecule has 9 atom stereocenters. The van der Waals surface area contributed by atoms with Gasteiger partial charge in [-0.05, 0) is 0 Å². The van der Waals surface area contributed by atoms with Crippen molar-refractivity contribution in [3.05, 3.63) is 35.0 Å². The summed E-state index contributed by atoms with van der Waals surface area (Å²) in [6.45, 7) is -2.00. The first-order chi connectivity index (χ1) is 21.4. The van der Waals surface area contributed by atoms with E-state index in [0.717, 1.165) is 13.4 Å². The Balaban J connectivity index is 1.27. The van der Waals surface area contributed by atoms with Crippen molar-refractivity contribution in [2.45, 2.75) is 55.9 Å². The summed E-state index contributed by atoms with van der Waals surface area (Å²) in [6.07, 6.45) is -4.37. The van der Waals surface area contributed by atoms with E-state index in [-0.39, 0.29) is 17.6 Å². The molecule has 0 saturated carbocycles. The molecule has 3 aromatic heterocycles. The summed E-state index contributed by atoms with van der Waals surface area (Å²) in [6, 6.07) is 0. The van der Waals surface area contributed by atoms with Crippen molar-refractivity contribution in [2.24, 2.45) is 10.7 Å². The van der Waals surface area contributed by atoms with Gasteiger partial charge >= 0.3 is 15.6 Å². The molecule has 0 spiro atoms. The Labute approximate surface area is 253 Å². The molecular weight excluding hydrogens is 647 g/mol. The second-order valence-electron chi connectivity index (χ2n) is 10.4. The van der Waals surface area contributed by atoms with Gasteiger partial charge in [0, 0.05) is 20.6 Å². The Bertz CT molecular complexity index is 1740. The summed E-state index contributed by atoms with van der Waals surface area (Å²) in [5, 5.41) is 0. The normalized spacial score (nSPS) is 36.2. The van der Waals surface area contributed by atoms with Crippen LogP contribution in [-0.2, 0) is 43.2 Å². The van der Waals surface area contributed by atoms with Gasteiger partial charge in [0.25, 0.3) is 5.56 Å². The predicted molar refractivity (Wildman–Crippen MR) is 149 cm³/mol. The second kappa shape index (κ2) is 12.3. The number of phosphoric acid groups is 2. The van der Waals surface area contributed by atoms with Gasteiger partial charge in [0.15, 0.2) is 23.2 Å². The molecule has 246 valence electrons. The fourth-order valence-electron chi connectivity index (χ4n) is 5.14. The molecule has 2 saturated heterocycles. The molecule has 0 bridgehead atoms. The summed E-state index contributed by atoms with van der Waals surface area (Å²) < 4.78 is 76.9. The zero-order valence-corrected chi connectivity index (χ0v) is 25.5. The SMILES string of the molecule is CO[C@@H]1COP(=O)(O)O[C@H]2C[C@H](n3cnc4c3N=CN(C)C4N)O[C@@H]2COP(=O)(O)O[C@@H](Cn2cnc3c(=O)[nH]cnc32)[C@H]1F. The Morgan fingerprint density at radius 1 is 1.13 bits per heavy atom. The zero-order chi connectivity index (χ0) is 32.1. The van der Waals surface area contributed by atoms with E-state index >= 15 is 4.39 Å². The third-order valence-electron chi connectivity index (χ3n) is 7.51. The summed E-state index contributed by atoms with van der Waals surface area (Å²) >= 11 is 0. The van der Waals surface area contributed by atoms with Gasteiger partial charge in [-0.1, -0.05) is 0 Å². The molecule has 0 aromatic carbocycles. The van der Waals surface area contributed by atoms with Crippen molar-refractivity contribution in [3.8, 4) is 0 Å². The molecule has 20 nitrogen and oxygen atoms in total. The van der Waals surface area contributed by atoms with Gasteiger partial charge in [-0.15, -0.1) is 0 Å². The standard InChI is InChI=1S/C22H30FN9O11P2/c1-30-8-29-21-17(19(30)24)28-10-32(21)15-3-11-13(41-15)5-39-45(36,37)43-12(16(23)14(38-2)6-40-44(34,35)42-11)4-31-9-27-18-20(31)25-7-26-22(18)33/h7-16,19H,3-6,24H2,1-2H3,(H,34,35)(H,36,37)(H,25,26,33)/t11-,12-,13+,14+,15+,16+,19?/m0/s1. The molecule has 3 aromatic rings. The lowest BCUT2D eigenvalue weighted by molar-refractivity contribution is -0.0603. The quantitative estimate of drug-likeness (QED) is 0.270. The predicted octanol–water partition coefficient (Wildman–Crippen LogP) is 0.237. The van der Waals surface area contributed by atoms with Crippen LogP contribution in [0.4, 0.5) is 10.2 Å². The van der Waals surface area contributed by atoms with Crippen LogP contribution in [0.5, 0.6) is 0 Å². The molecule has 3 unspecified atom stereocenters. The van der Waals surface area contributed by atoms with E-state index in [1.54, 1.807) is 11.9 Å². The maximum atomic E-state index is 15.9. The maximum absolute atomic E-state index is 15.9. The first kappa shape index (κ1) is 32.0. The van der Waals surface area contributed by atoms with E-state index in [1.165, 1.54) is 28.1 Å². The maximum Gasteiger partial charge on any atom is 0.472 e. The lowest BCUT2D eigenvalue weighted by Crippen LogP contribution is -2.41. The highest BCUT2D eigenvalue weighted by Crippen LogP contribution is 2.52. The lowest BCUT2D eigenvalue weighted by Gasteiger charge is -2.28. The van der Waals surface area contributed by atoms with Crippen LogP contribution in [-0.4, -0.2) is 108 Å². The molecule has 6 rings (SSSR count). The first-order valence-electron chi connectivity index (χ1n) is 13.5. The number of nitrogens with one attached hydrogen (secondary N) is 1. The monoisotopic (exact) mass is 677 g/mol. The van der Waals surface area contributed by atoms with E-state index in [0.29, 0.717) is 11.5 Å². The minimum Gasteiger partial charge on any atom is -0.376 e. The highest BCUT2D eigenvalue weighted by Gasteiger charge is 2.46. The fourth-order valence-corrected chi connectivity index (χ4v) is 7.02. The Hall–Kier alpha value is -2.94. The largest absolute Gasteiger partial charge is 0.472 e. The number of hydrogen-bond acceptors (Lipinski definition) is 15. The van der Waals surface area contributed by atoms with Crippen molar-refractivity contribution in [2.75, 3.05) is 27.4 Å². The molecule has 3 aliphatic heterocycles. The number of H-pyrrole nitrogens is 1. The summed E-state index contributed by atoms with van der Waals surface area (Å²) in [4.78, 5) is 53.9. The van der Waals surface area contributed by atoms with Crippen LogP contribution < -0.4 is 11.3 Å². The lowest BCUT2D eigenvalue weighted by atomic mass is 10.1. The third-order valence-corrected chi connectivity index (χ3v) is 9.53. The average Bonchev–Trinajstić information content (AvgIpc) is 3.71. The number of halogens is 1. The van der Waals surface area contributed by atoms with Crippen molar-refractivity contribution < 1.29 is 50.9 Å². The Morgan fingerprint density at radius 3 is 2.67 bits per heavy atom. The molecule has 3 aliphatic rings. The number of methoxy groups -OCH3 is 1. The first-order valence-corrected chi connectivity index (χ1v) is 16.5. The number of aliphatic imine (C=N–C) groups is 1. The van der Waals surface area contributed by atoms with Crippen LogP contribution in [0.25, 0.3) is 11.2 Å². The van der Waals surface area contributed by atoms with Gasteiger partial charge in [0.1, 0.15) is 42.5 Å². The molecule has 45 heavy (non-hydrogen) atoms. The van der Waals surface area contributed by atoms with E-state index in [9.17, 15) is 23.7 Å². The number of ether oxygens (including phenoxy) is 2. The molecule has 6 heterocycles. The summed E-state index contributed by atoms with van der Waals surface area (Å²) in [7, 11) is -7.12. The number of nitrogens with zero attached hydrogens (tertiary/aromatic N) is 7. The van der Waals surface area contributed by atoms with Crippen molar-refractivity contribution >= 4 is 39.0 Å². The number of fused-ring (bicyclic) bond motifs is 3. The second-order valence-corrected chi connectivity index (χ2v) is 13.2. The smallest absolute Gasteiger partial charge is 0.376 e. The van der Waals surface area contributed by atoms with Crippen LogP contribution >= 0.6 is 15.6 Å². The third kappa shape index (κ3) is 6.51. The van der Waals surface area contributed by atoms with Crippen molar-refractivity contribution in [1.82, 2.24) is 34.0 Å². The van der Waals surface area contributed by atoms with Crippen LogP contribution in [0.3, 0.4) is 0 Å². The van der Waals surface area contributed by atoms with Crippen molar-refractivity contribution in [3.63, 3.8) is 0 Å². The number of phosphoric ester groups is 2. The van der Waals surface area contributed by atoms with Gasteiger partial charge in [-0.2, -0.15) is 0 Å². The molecule has 0 amide bonds. The van der Waals surface area contributed by atoms with E-state index < -0.39 is 83.9 Å². The van der Waals surface area contributed by atoms with Gasteiger partial charge < -0.3 is 39.4 Å². The minimum atomic E-state index is -5.06. The highest BCUT2D eigenvalue weighted by atomic mass is 31.2. The minimum absolute atomic E-state index is 0.0384. The number of imidazole rings is 2. The average molecular weight is 677 g/mol. The van der Waals surface area contributed by atoms with Crippen molar-refractivity contribution in [1.29, 1.82) is 0 Å². The molecule has 2 fully saturated rings. The number of aromatic nitrogens is 6. The Morgan fingerprint density at radius 2 is 1.89 bits per heavy atom. The molecule has 0 radical (unpaired) electrons. The number of rotatable bonds is 4. The van der Waals surface area contributed by atoms with Crippen LogP contribution in [0.15, 0.2) is 28.8 Å². The number of nitrogens with two attached hydrogens (primary N) is 1. The molecule has 23 heteroatoms. The number of aromatic amines is 1. The van der Waals surface area contributed by atoms with E-state index in [1.807, 2.05) is 0 Å². The molecule has 0 aliphatic carbocycles. The molecule has 5 N–H and O–H groups in total. The summed E-state index contributed by atoms with van der Waals surface area (Å²) in [5.41, 5.74) is 6.04. The zero-order valence-electron chi connectivity index (χ0n) is 23.7.